The lowest BCUT2D eigenvalue weighted by Gasteiger charge is -2.15. The molecule has 0 unspecified atom stereocenters. The smallest absolute Gasteiger partial charge is 0.234 e. The maximum atomic E-state index is 12.4. The minimum atomic E-state index is -0.0160. The van der Waals surface area contributed by atoms with E-state index in [0.29, 0.717) is 11.7 Å². The number of nitrogens with zero attached hydrogens (tertiary/aromatic N) is 2. The van der Waals surface area contributed by atoms with Gasteiger partial charge in [0.2, 0.25) is 5.91 Å². The van der Waals surface area contributed by atoms with E-state index in [1.165, 1.54) is 17.3 Å². The van der Waals surface area contributed by atoms with Crippen molar-refractivity contribution in [3.05, 3.63) is 47.6 Å². The molecule has 1 N–H and O–H groups in total. The van der Waals surface area contributed by atoms with E-state index in [0.717, 1.165) is 27.4 Å². The third kappa shape index (κ3) is 3.76. The van der Waals surface area contributed by atoms with Crippen LogP contribution in [0.5, 0.6) is 0 Å². The van der Waals surface area contributed by atoms with Crippen LogP contribution in [0.3, 0.4) is 0 Å². The van der Waals surface area contributed by atoms with Crippen molar-refractivity contribution in [2.45, 2.75) is 31.2 Å². The second-order valence-corrected chi connectivity index (χ2v) is 7.41. The summed E-state index contributed by atoms with van der Waals surface area (Å²) < 4.78 is 0. The molecule has 4 nitrogen and oxygen atoms in total. The Bertz CT molecular complexity index is 847. The van der Waals surface area contributed by atoms with E-state index in [1.807, 2.05) is 29.6 Å². The molecule has 124 valence electrons. The van der Waals surface area contributed by atoms with Gasteiger partial charge in [-0.1, -0.05) is 43.8 Å². The van der Waals surface area contributed by atoms with Crippen molar-refractivity contribution < 1.29 is 4.79 Å². The Morgan fingerprint density at radius 1 is 1.29 bits per heavy atom. The molecule has 0 fully saturated rings. The number of hydrogen-bond acceptors (Lipinski definition) is 5. The fraction of sp³-hybridized carbons (Fsp3) is 0.278. The number of fused-ring (bicyclic) bond motifs is 1. The third-order valence-corrected chi connectivity index (χ3v) is 5.77. The highest BCUT2D eigenvalue weighted by molar-refractivity contribution is 8.00. The van der Waals surface area contributed by atoms with Gasteiger partial charge in [0.15, 0.2) is 0 Å². The summed E-state index contributed by atoms with van der Waals surface area (Å²) in [6, 6.07) is 10.0. The van der Waals surface area contributed by atoms with Gasteiger partial charge in [-0.15, -0.1) is 11.3 Å². The number of anilines is 1. The first-order chi connectivity index (χ1) is 11.7. The number of carbonyl (C=O) groups excluding carboxylic acids is 1. The molecule has 1 amide bonds. The van der Waals surface area contributed by atoms with Crippen molar-refractivity contribution in [1.82, 2.24) is 9.97 Å². The van der Waals surface area contributed by atoms with Crippen molar-refractivity contribution in [3.63, 3.8) is 0 Å². The predicted molar refractivity (Wildman–Crippen MR) is 102 cm³/mol. The third-order valence-electron chi connectivity index (χ3n) is 3.94. The van der Waals surface area contributed by atoms with Crippen molar-refractivity contribution >= 4 is 44.9 Å². The Hall–Kier alpha value is -1.92. The summed E-state index contributed by atoms with van der Waals surface area (Å²) in [4.78, 5) is 21.8. The van der Waals surface area contributed by atoms with E-state index in [4.69, 9.17) is 0 Å². The fourth-order valence-electron chi connectivity index (χ4n) is 2.46. The van der Waals surface area contributed by atoms with Crippen LogP contribution < -0.4 is 5.32 Å². The minimum Gasteiger partial charge on any atom is -0.325 e. The van der Waals surface area contributed by atoms with E-state index in [1.54, 1.807) is 17.7 Å². The lowest BCUT2D eigenvalue weighted by Crippen LogP contribution is -2.16. The van der Waals surface area contributed by atoms with Crippen LogP contribution in [-0.2, 0) is 4.79 Å². The Kier molecular flexibility index (Phi) is 5.48. The van der Waals surface area contributed by atoms with Gasteiger partial charge < -0.3 is 5.32 Å². The van der Waals surface area contributed by atoms with Crippen LogP contribution >= 0.6 is 23.1 Å². The topological polar surface area (TPSA) is 54.9 Å². The van der Waals surface area contributed by atoms with Gasteiger partial charge in [-0.05, 0) is 35.4 Å². The number of carbonyl (C=O) groups is 1. The first-order valence-corrected chi connectivity index (χ1v) is 9.75. The van der Waals surface area contributed by atoms with Crippen LogP contribution in [0.15, 0.2) is 47.1 Å². The van der Waals surface area contributed by atoms with Crippen molar-refractivity contribution in [3.8, 4) is 0 Å². The standard InChI is InChI=1S/C18H19N3OS2/c1-3-12(2)13-6-4-5-7-15(13)21-16(22)10-24-18-14-8-9-23-17(14)19-11-20-18/h4-9,11-12H,3,10H2,1-2H3,(H,21,22)/t12-/m1/s1. The van der Waals surface area contributed by atoms with Gasteiger partial charge in [0.25, 0.3) is 0 Å². The summed E-state index contributed by atoms with van der Waals surface area (Å²) in [6.45, 7) is 4.33. The molecule has 2 aromatic heterocycles. The van der Waals surface area contributed by atoms with E-state index in [-0.39, 0.29) is 5.91 Å². The second kappa shape index (κ2) is 7.77. The zero-order valence-electron chi connectivity index (χ0n) is 13.7. The van der Waals surface area contributed by atoms with Gasteiger partial charge in [-0.25, -0.2) is 9.97 Å². The van der Waals surface area contributed by atoms with Crippen LogP contribution in [-0.4, -0.2) is 21.6 Å². The van der Waals surface area contributed by atoms with Crippen molar-refractivity contribution in [1.29, 1.82) is 0 Å². The van der Waals surface area contributed by atoms with Crippen LogP contribution in [0.4, 0.5) is 5.69 Å². The highest BCUT2D eigenvalue weighted by atomic mass is 32.2. The number of hydrogen-bond donors (Lipinski definition) is 1. The van der Waals surface area contributed by atoms with Gasteiger partial charge in [0, 0.05) is 11.1 Å². The zero-order valence-corrected chi connectivity index (χ0v) is 15.3. The van der Waals surface area contributed by atoms with Crippen molar-refractivity contribution in [2.24, 2.45) is 0 Å². The summed E-state index contributed by atoms with van der Waals surface area (Å²) in [5.41, 5.74) is 2.08. The van der Waals surface area contributed by atoms with Gasteiger partial charge >= 0.3 is 0 Å². The molecule has 2 heterocycles. The molecule has 0 saturated heterocycles. The quantitative estimate of drug-likeness (QED) is 0.502. The van der Waals surface area contributed by atoms with E-state index in [2.05, 4.69) is 35.2 Å². The molecule has 24 heavy (non-hydrogen) atoms. The van der Waals surface area contributed by atoms with E-state index >= 15 is 0 Å². The molecule has 1 atom stereocenters. The molecule has 0 radical (unpaired) electrons. The first-order valence-electron chi connectivity index (χ1n) is 7.88. The minimum absolute atomic E-state index is 0.0160. The molecule has 0 spiro atoms. The zero-order chi connectivity index (χ0) is 16.9. The fourth-order valence-corrected chi connectivity index (χ4v) is 4.04. The number of aromatic nitrogens is 2. The predicted octanol–water partition coefficient (Wildman–Crippen LogP) is 4.94. The average Bonchev–Trinajstić information content (AvgIpc) is 3.09. The number of thioether (sulfide) groups is 1. The summed E-state index contributed by atoms with van der Waals surface area (Å²) in [5, 5.41) is 6.90. The van der Waals surface area contributed by atoms with E-state index in [9.17, 15) is 4.79 Å². The monoisotopic (exact) mass is 357 g/mol. The SMILES string of the molecule is CC[C@@H](C)c1ccccc1NC(=O)CSc1ncnc2sccc12. The normalized spacial score (nSPS) is 12.2. The van der Waals surface area contributed by atoms with Gasteiger partial charge in [0.05, 0.1) is 5.75 Å². The average molecular weight is 358 g/mol. The van der Waals surface area contributed by atoms with Gasteiger partial charge in [0.1, 0.15) is 16.2 Å². The molecule has 6 heteroatoms. The summed E-state index contributed by atoms with van der Waals surface area (Å²) in [5.74, 6) is 0.732. The van der Waals surface area contributed by atoms with E-state index < -0.39 is 0 Å². The molecule has 0 bridgehead atoms. The number of thiophene rings is 1. The first kappa shape index (κ1) is 16.9. The summed E-state index contributed by atoms with van der Waals surface area (Å²) in [7, 11) is 0. The Balaban J connectivity index is 1.67. The van der Waals surface area contributed by atoms with Crippen LogP contribution in [0, 0.1) is 0 Å². The lowest BCUT2D eigenvalue weighted by molar-refractivity contribution is -0.113. The van der Waals surface area contributed by atoms with Crippen LogP contribution in [0.25, 0.3) is 10.2 Å². The maximum absolute atomic E-state index is 12.4. The Labute approximate surface area is 149 Å². The molecular formula is C18H19N3OS2. The number of nitrogens with one attached hydrogen (secondary N) is 1. The molecular weight excluding hydrogens is 338 g/mol. The molecule has 0 aliphatic rings. The molecule has 0 aliphatic carbocycles. The lowest BCUT2D eigenvalue weighted by atomic mass is 9.97. The molecule has 3 rings (SSSR count). The Morgan fingerprint density at radius 3 is 2.96 bits per heavy atom. The Morgan fingerprint density at radius 2 is 2.12 bits per heavy atom. The molecule has 3 aromatic rings. The summed E-state index contributed by atoms with van der Waals surface area (Å²) in [6.07, 6.45) is 2.59. The van der Waals surface area contributed by atoms with Crippen LogP contribution in [0.1, 0.15) is 31.7 Å². The van der Waals surface area contributed by atoms with Crippen LogP contribution in [0.2, 0.25) is 0 Å². The molecule has 0 aliphatic heterocycles. The number of rotatable bonds is 6. The molecule has 1 aromatic carbocycles. The highest BCUT2D eigenvalue weighted by Gasteiger charge is 2.12. The van der Waals surface area contributed by atoms with Gasteiger partial charge in [-0.2, -0.15) is 0 Å². The van der Waals surface area contributed by atoms with Gasteiger partial charge in [-0.3, -0.25) is 4.79 Å². The second-order valence-electron chi connectivity index (χ2n) is 5.55. The highest BCUT2D eigenvalue weighted by Crippen LogP contribution is 2.29. The van der Waals surface area contributed by atoms with Crippen molar-refractivity contribution in [2.75, 3.05) is 11.1 Å². The largest absolute Gasteiger partial charge is 0.325 e. The maximum Gasteiger partial charge on any atom is 0.234 e. The number of benzene rings is 1. The summed E-state index contributed by atoms with van der Waals surface area (Å²) >= 11 is 3.03. The molecule has 0 saturated carbocycles. The number of para-hydroxylation sites is 1. The number of amides is 1.